The van der Waals surface area contributed by atoms with Crippen LogP contribution < -0.4 is 5.32 Å². The summed E-state index contributed by atoms with van der Waals surface area (Å²) in [6.45, 7) is 6.05. The molecule has 1 rings (SSSR count). The van der Waals surface area contributed by atoms with Crippen LogP contribution in [0.1, 0.15) is 26.7 Å². The van der Waals surface area contributed by atoms with Crippen molar-refractivity contribution in [3.05, 3.63) is 11.6 Å². The van der Waals surface area contributed by atoms with E-state index in [0.717, 1.165) is 19.5 Å². The molecule has 0 aromatic heterocycles. The van der Waals surface area contributed by atoms with Crippen molar-refractivity contribution in [1.82, 2.24) is 5.32 Å². The molecule has 1 aliphatic heterocycles. The Labute approximate surface area is 84.2 Å². The number of rotatable bonds is 3. The molecule has 0 fully saturated rings. The molecule has 0 amide bonds. The molecule has 0 bridgehead atoms. The van der Waals surface area contributed by atoms with Crippen molar-refractivity contribution in [3.63, 3.8) is 0 Å². The van der Waals surface area contributed by atoms with Gasteiger partial charge in [-0.25, -0.2) is 0 Å². The van der Waals surface area contributed by atoms with E-state index >= 15 is 0 Å². The highest BCUT2D eigenvalue weighted by atomic mass is 32.2. The Morgan fingerprint density at radius 2 is 2.46 bits per heavy atom. The van der Waals surface area contributed by atoms with Gasteiger partial charge in [-0.05, 0) is 13.0 Å². The molecule has 0 radical (unpaired) electrons. The molecule has 13 heavy (non-hydrogen) atoms. The molecule has 1 heterocycles. The number of hydrogen-bond donors (Lipinski definition) is 1. The van der Waals surface area contributed by atoms with Crippen LogP contribution in [0.2, 0.25) is 0 Å². The van der Waals surface area contributed by atoms with E-state index in [9.17, 15) is 4.79 Å². The highest BCUT2D eigenvalue weighted by Crippen LogP contribution is 2.18. The molecule has 0 saturated heterocycles. The van der Waals surface area contributed by atoms with Gasteiger partial charge in [0.15, 0.2) is 5.12 Å². The van der Waals surface area contributed by atoms with E-state index < -0.39 is 0 Å². The minimum atomic E-state index is 0.308. The first-order chi connectivity index (χ1) is 6.18. The maximum Gasteiger partial charge on any atom is 0.193 e. The zero-order valence-corrected chi connectivity index (χ0v) is 9.12. The molecule has 0 aliphatic carbocycles. The number of carbonyl (C=O) groups is 1. The molecular formula is C10H17NOS. The van der Waals surface area contributed by atoms with E-state index in [1.807, 2.05) is 0 Å². The zero-order chi connectivity index (χ0) is 9.68. The van der Waals surface area contributed by atoms with E-state index in [0.29, 0.717) is 16.8 Å². The summed E-state index contributed by atoms with van der Waals surface area (Å²) in [5.41, 5.74) is 1.30. The fourth-order valence-electron chi connectivity index (χ4n) is 1.32. The van der Waals surface area contributed by atoms with Crippen molar-refractivity contribution in [2.75, 3.05) is 13.1 Å². The summed E-state index contributed by atoms with van der Waals surface area (Å²) in [6, 6.07) is 0. The van der Waals surface area contributed by atoms with Gasteiger partial charge >= 0.3 is 0 Å². The molecule has 0 aromatic carbocycles. The number of hydrogen-bond acceptors (Lipinski definition) is 3. The molecule has 2 nitrogen and oxygen atoms in total. The SMILES string of the molecule is CC(C)SC(=O)CC1=CCNCC1. The maximum absolute atomic E-state index is 11.4. The van der Waals surface area contributed by atoms with Gasteiger partial charge in [-0.15, -0.1) is 0 Å². The smallest absolute Gasteiger partial charge is 0.193 e. The maximum atomic E-state index is 11.4. The van der Waals surface area contributed by atoms with Crippen LogP contribution in [0.3, 0.4) is 0 Å². The minimum Gasteiger partial charge on any atom is -0.313 e. The molecule has 1 N–H and O–H groups in total. The molecule has 74 valence electrons. The van der Waals surface area contributed by atoms with Gasteiger partial charge in [-0.3, -0.25) is 4.79 Å². The van der Waals surface area contributed by atoms with Crippen molar-refractivity contribution in [3.8, 4) is 0 Å². The van der Waals surface area contributed by atoms with Crippen molar-refractivity contribution < 1.29 is 4.79 Å². The van der Waals surface area contributed by atoms with E-state index in [2.05, 4.69) is 25.2 Å². The van der Waals surface area contributed by atoms with E-state index in [1.165, 1.54) is 17.3 Å². The topological polar surface area (TPSA) is 29.1 Å². The summed E-state index contributed by atoms with van der Waals surface area (Å²) < 4.78 is 0. The second kappa shape index (κ2) is 5.45. The van der Waals surface area contributed by atoms with Crippen LogP contribution in [0, 0.1) is 0 Å². The predicted molar refractivity (Wildman–Crippen MR) is 57.9 cm³/mol. The fraction of sp³-hybridized carbons (Fsp3) is 0.700. The highest BCUT2D eigenvalue weighted by Gasteiger charge is 2.10. The quantitative estimate of drug-likeness (QED) is 0.705. The number of nitrogens with one attached hydrogen (secondary N) is 1. The molecular weight excluding hydrogens is 182 g/mol. The molecule has 0 unspecified atom stereocenters. The minimum absolute atomic E-state index is 0.308. The third kappa shape index (κ3) is 4.48. The summed E-state index contributed by atoms with van der Waals surface area (Å²) in [4.78, 5) is 11.4. The fourth-order valence-corrected chi connectivity index (χ4v) is 2.11. The molecule has 0 aromatic rings. The molecule has 0 saturated carbocycles. The first-order valence-corrected chi connectivity index (χ1v) is 5.64. The Kier molecular flexibility index (Phi) is 4.53. The van der Waals surface area contributed by atoms with Gasteiger partial charge in [-0.1, -0.05) is 37.3 Å². The summed E-state index contributed by atoms with van der Waals surface area (Å²) in [5.74, 6) is 0. The highest BCUT2D eigenvalue weighted by molar-refractivity contribution is 8.14. The van der Waals surface area contributed by atoms with Gasteiger partial charge in [0.05, 0.1) is 0 Å². The van der Waals surface area contributed by atoms with Crippen molar-refractivity contribution in [1.29, 1.82) is 0 Å². The lowest BCUT2D eigenvalue weighted by Gasteiger charge is -2.13. The number of thioether (sulfide) groups is 1. The third-order valence-corrected chi connectivity index (χ3v) is 2.78. The van der Waals surface area contributed by atoms with Crippen LogP contribution >= 0.6 is 11.8 Å². The average Bonchev–Trinajstić information content (AvgIpc) is 2.04. The van der Waals surface area contributed by atoms with Gasteiger partial charge in [0.2, 0.25) is 0 Å². The van der Waals surface area contributed by atoms with Gasteiger partial charge in [0, 0.05) is 18.2 Å². The van der Waals surface area contributed by atoms with Crippen LogP contribution in [0.4, 0.5) is 0 Å². The summed E-state index contributed by atoms with van der Waals surface area (Å²) in [6.07, 6.45) is 3.82. The lowest BCUT2D eigenvalue weighted by molar-refractivity contribution is -0.110. The largest absolute Gasteiger partial charge is 0.313 e. The Bertz CT molecular complexity index is 211. The summed E-state index contributed by atoms with van der Waals surface area (Å²) >= 11 is 1.45. The number of carbonyl (C=O) groups excluding carboxylic acids is 1. The van der Waals surface area contributed by atoms with Gasteiger partial charge < -0.3 is 5.32 Å². The lowest BCUT2D eigenvalue weighted by Crippen LogP contribution is -2.21. The third-order valence-electron chi connectivity index (χ3n) is 1.90. The van der Waals surface area contributed by atoms with Crippen molar-refractivity contribution >= 4 is 16.9 Å². The van der Waals surface area contributed by atoms with Gasteiger partial charge in [0.1, 0.15) is 0 Å². The van der Waals surface area contributed by atoms with E-state index in [-0.39, 0.29) is 0 Å². The van der Waals surface area contributed by atoms with Crippen LogP contribution in [0.15, 0.2) is 11.6 Å². The standard InChI is InChI=1S/C10H17NOS/c1-8(2)13-10(12)7-9-3-5-11-6-4-9/h3,8,11H,4-7H2,1-2H3. The Morgan fingerprint density at radius 3 is 3.00 bits per heavy atom. The zero-order valence-electron chi connectivity index (χ0n) is 8.30. The second-order valence-electron chi connectivity index (χ2n) is 3.53. The second-order valence-corrected chi connectivity index (χ2v) is 5.17. The average molecular weight is 199 g/mol. The lowest BCUT2D eigenvalue weighted by atomic mass is 10.1. The first-order valence-electron chi connectivity index (χ1n) is 4.76. The monoisotopic (exact) mass is 199 g/mol. The van der Waals surface area contributed by atoms with Gasteiger partial charge in [-0.2, -0.15) is 0 Å². The Morgan fingerprint density at radius 1 is 1.69 bits per heavy atom. The summed E-state index contributed by atoms with van der Waals surface area (Å²) in [7, 11) is 0. The van der Waals surface area contributed by atoms with Crippen LogP contribution in [0.5, 0.6) is 0 Å². The molecule has 0 atom stereocenters. The van der Waals surface area contributed by atoms with Crippen molar-refractivity contribution in [2.45, 2.75) is 31.9 Å². The van der Waals surface area contributed by atoms with Gasteiger partial charge in [0.25, 0.3) is 0 Å². The summed E-state index contributed by atoms with van der Waals surface area (Å²) in [5, 5.41) is 3.95. The molecule has 3 heteroatoms. The first kappa shape index (κ1) is 10.8. The van der Waals surface area contributed by atoms with E-state index in [1.54, 1.807) is 0 Å². The normalized spacial score (nSPS) is 17.3. The molecule has 1 aliphatic rings. The Balaban J connectivity index is 2.30. The predicted octanol–water partition coefficient (Wildman–Crippen LogP) is 1.96. The van der Waals surface area contributed by atoms with Crippen LogP contribution in [-0.2, 0) is 4.79 Å². The van der Waals surface area contributed by atoms with E-state index in [4.69, 9.17) is 0 Å². The Hall–Kier alpha value is -0.280. The molecule has 0 spiro atoms. The van der Waals surface area contributed by atoms with Crippen LogP contribution in [-0.4, -0.2) is 23.5 Å². The van der Waals surface area contributed by atoms with Crippen molar-refractivity contribution in [2.24, 2.45) is 0 Å². The van der Waals surface area contributed by atoms with Crippen LogP contribution in [0.25, 0.3) is 0 Å².